The second kappa shape index (κ2) is 7.94. The molecule has 0 heterocycles. The van der Waals surface area contributed by atoms with Gasteiger partial charge in [0.2, 0.25) is 0 Å². The van der Waals surface area contributed by atoms with E-state index in [0.29, 0.717) is 12.2 Å². The molecule has 21 heavy (non-hydrogen) atoms. The highest BCUT2D eigenvalue weighted by Gasteiger charge is 2.18. The van der Waals surface area contributed by atoms with Gasteiger partial charge in [0.05, 0.1) is 9.82 Å². The molecular formula is C13H20N2O5S. The summed E-state index contributed by atoms with van der Waals surface area (Å²) in [5.74, 6) is 0. The molecule has 0 unspecified atom stereocenters. The van der Waals surface area contributed by atoms with Gasteiger partial charge in [0.1, 0.15) is 5.69 Å². The Bertz CT molecular complexity index is 586. The molecule has 0 radical (unpaired) electrons. The lowest BCUT2D eigenvalue weighted by Gasteiger charge is -2.08. The molecule has 2 N–H and O–H groups in total. The number of hydrogen-bond acceptors (Lipinski definition) is 6. The molecule has 0 atom stereocenters. The van der Waals surface area contributed by atoms with Crippen LogP contribution in [0.1, 0.15) is 25.7 Å². The summed E-state index contributed by atoms with van der Waals surface area (Å²) in [6, 6.07) is 3.85. The number of unbranched alkanes of at least 4 members (excludes halogenated alkanes) is 3. The summed E-state index contributed by atoms with van der Waals surface area (Å²) in [5.41, 5.74) is 0.0721. The van der Waals surface area contributed by atoms with E-state index in [1.165, 1.54) is 12.1 Å². The van der Waals surface area contributed by atoms with E-state index in [-0.39, 0.29) is 17.2 Å². The number of nitrogens with zero attached hydrogens (tertiary/aromatic N) is 1. The van der Waals surface area contributed by atoms with Crippen LogP contribution in [0, 0.1) is 10.1 Å². The average Bonchev–Trinajstić information content (AvgIpc) is 2.41. The molecule has 8 heteroatoms. The Morgan fingerprint density at radius 1 is 1.24 bits per heavy atom. The highest BCUT2D eigenvalue weighted by Crippen LogP contribution is 2.27. The standard InChI is InChI=1S/C13H20N2O5S/c1-21(19,20)11-6-7-12(13(10-11)15(17)18)14-8-4-2-3-5-9-16/h6-7,10,14,16H,2-5,8-9H2,1H3. The Balaban J connectivity index is 2.72. The van der Waals surface area contributed by atoms with Crippen molar-refractivity contribution in [3.63, 3.8) is 0 Å². The van der Waals surface area contributed by atoms with Gasteiger partial charge in [-0.2, -0.15) is 0 Å². The lowest BCUT2D eigenvalue weighted by Crippen LogP contribution is -2.06. The zero-order valence-corrected chi connectivity index (χ0v) is 12.7. The molecule has 0 aliphatic rings. The van der Waals surface area contributed by atoms with Gasteiger partial charge in [-0.1, -0.05) is 12.8 Å². The SMILES string of the molecule is CS(=O)(=O)c1ccc(NCCCCCCO)c([N+](=O)[O-])c1. The number of hydrogen-bond donors (Lipinski definition) is 2. The minimum atomic E-state index is -3.47. The lowest BCUT2D eigenvalue weighted by molar-refractivity contribution is -0.384. The molecule has 0 fully saturated rings. The number of benzene rings is 1. The number of aliphatic hydroxyl groups is 1. The minimum Gasteiger partial charge on any atom is -0.396 e. The van der Waals surface area contributed by atoms with Gasteiger partial charge in [-0.15, -0.1) is 0 Å². The van der Waals surface area contributed by atoms with Crippen LogP contribution in [0.25, 0.3) is 0 Å². The van der Waals surface area contributed by atoms with Crippen molar-refractivity contribution in [1.29, 1.82) is 0 Å². The Morgan fingerprint density at radius 2 is 1.90 bits per heavy atom. The molecule has 0 bridgehead atoms. The molecule has 1 aromatic carbocycles. The van der Waals surface area contributed by atoms with Gasteiger partial charge in [0, 0.05) is 25.5 Å². The van der Waals surface area contributed by atoms with Crippen molar-refractivity contribution < 1.29 is 18.4 Å². The highest BCUT2D eigenvalue weighted by molar-refractivity contribution is 7.90. The van der Waals surface area contributed by atoms with E-state index in [9.17, 15) is 18.5 Å². The van der Waals surface area contributed by atoms with Crippen molar-refractivity contribution in [3.05, 3.63) is 28.3 Å². The maximum atomic E-state index is 11.4. The van der Waals surface area contributed by atoms with Crippen LogP contribution in [-0.2, 0) is 9.84 Å². The van der Waals surface area contributed by atoms with Crippen LogP contribution in [0.15, 0.2) is 23.1 Å². The predicted molar refractivity (Wildman–Crippen MR) is 80.2 cm³/mol. The van der Waals surface area contributed by atoms with Crippen molar-refractivity contribution >= 4 is 21.2 Å². The maximum Gasteiger partial charge on any atom is 0.293 e. The number of nitrogens with one attached hydrogen (secondary N) is 1. The number of anilines is 1. The molecule has 0 saturated heterocycles. The number of nitro benzene ring substituents is 1. The molecule has 7 nitrogen and oxygen atoms in total. The monoisotopic (exact) mass is 316 g/mol. The van der Waals surface area contributed by atoms with Gasteiger partial charge in [0.15, 0.2) is 9.84 Å². The fourth-order valence-electron chi connectivity index (χ4n) is 1.86. The quantitative estimate of drug-likeness (QED) is 0.409. The van der Waals surface area contributed by atoms with E-state index in [1.54, 1.807) is 0 Å². The molecule has 0 aromatic heterocycles. The van der Waals surface area contributed by atoms with Gasteiger partial charge >= 0.3 is 0 Å². The normalized spacial score (nSPS) is 11.3. The lowest BCUT2D eigenvalue weighted by atomic mass is 10.2. The van der Waals surface area contributed by atoms with E-state index >= 15 is 0 Å². The van der Waals surface area contributed by atoms with Crippen molar-refractivity contribution in [3.8, 4) is 0 Å². The Labute approximate surface area is 124 Å². The number of rotatable bonds is 9. The Hall–Kier alpha value is -1.67. The van der Waals surface area contributed by atoms with Crippen molar-refractivity contribution in [2.24, 2.45) is 0 Å². The van der Waals surface area contributed by atoms with E-state index in [4.69, 9.17) is 5.11 Å². The summed E-state index contributed by atoms with van der Waals surface area (Å²) in [6.45, 7) is 0.732. The third-order valence-electron chi connectivity index (χ3n) is 2.99. The average molecular weight is 316 g/mol. The van der Waals surface area contributed by atoms with E-state index in [1.807, 2.05) is 0 Å². The van der Waals surface area contributed by atoms with Crippen molar-refractivity contribution in [2.75, 3.05) is 24.7 Å². The molecule has 1 rings (SSSR count). The van der Waals surface area contributed by atoms with Gasteiger partial charge < -0.3 is 10.4 Å². The van der Waals surface area contributed by atoms with Crippen molar-refractivity contribution in [1.82, 2.24) is 0 Å². The summed E-state index contributed by atoms with van der Waals surface area (Å²) in [7, 11) is -3.47. The van der Waals surface area contributed by atoms with Gasteiger partial charge in [-0.3, -0.25) is 10.1 Å². The molecule has 0 spiro atoms. The summed E-state index contributed by atoms with van der Waals surface area (Å²) < 4.78 is 22.8. The molecular weight excluding hydrogens is 296 g/mol. The summed E-state index contributed by atoms with van der Waals surface area (Å²) in [4.78, 5) is 10.4. The first-order valence-electron chi connectivity index (χ1n) is 6.69. The first-order chi connectivity index (χ1) is 9.86. The molecule has 118 valence electrons. The van der Waals surface area contributed by atoms with E-state index < -0.39 is 14.8 Å². The number of sulfone groups is 1. The zero-order valence-electron chi connectivity index (χ0n) is 11.9. The van der Waals surface area contributed by atoms with Gasteiger partial charge in [-0.05, 0) is 25.0 Å². The summed E-state index contributed by atoms with van der Waals surface area (Å²) in [5, 5.41) is 22.6. The second-order valence-corrected chi connectivity index (χ2v) is 6.79. The van der Waals surface area contributed by atoms with Crippen LogP contribution < -0.4 is 5.32 Å². The van der Waals surface area contributed by atoms with Crippen LogP contribution in [-0.4, -0.2) is 37.9 Å². The van der Waals surface area contributed by atoms with Crippen LogP contribution in [0.3, 0.4) is 0 Å². The molecule has 0 aliphatic heterocycles. The largest absolute Gasteiger partial charge is 0.396 e. The summed E-state index contributed by atoms with van der Waals surface area (Å²) >= 11 is 0. The third-order valence-corrected chi connectivity index (χ3v) is 4.10. The molecule has 0 amide bonds. The molecule has 0 saturated carbocycles. The molecule has 0 aliphatic carbocycles. The highest BCUT2D eigenvalue weighted by atomic mass is 32.2. The van der Waals surface area contributed by atoms with Gasteiger partial charge in [-0.25, -0.2) is 8.42 Å². The fourth-order valence-corrected chi connectivity index (χ4v) is 2.50. The smallest absolute Gasteiger partial charge is 0.293 e. The number of aliphatic hydroxyl groups excluding tert-OH is 1. The summed E-state index contributed by atoms with van der Waals surface area (Å²) in [6.07, 6.45) is 4.42. The van der Waals surface area contributed by atoms with Crippen LogP contribution in [0.4, 0.5) is 11.4 Å². The predicted octanol–water partition coefficient (Wildman–Crippen LogP) is 1.96. The molecule has 1 aromatic rings. The fraction of sp³-hybridized carbons (Fsp3) is 0.538. The zero-order chi connectivity index (χ0) is 15.9. The third kappa shape index (κ3) is 5.68. The van der Waals surface area contributed by atoms with Crippen LogP contribution >= 0.6 is 0 Å². The maximum absolute atomic E-state index is 11.4. The van der Waals surface area contributed by atoms with E-state index in [0.717, 1.165) is 38.0 Å². The van der Waals surface area contributed by atoms with Crippen LogP contribution in [0.5, 0.6) is 0 Å². The first-order valence-corrected chi connectivity index (χ1v) is 8.58. The number of nitro groups is 1. The Morgan fingerprint density at radius 3 is 2.48 bits per heavy atom. The van der Waals surface area contributed by atoms with Crippen LogP contribution in [0.2, 0.25) is 0 Å². The Kier molecular flexibility index (Phi) is 6.57. The minimum absolute atomic E-state index is 0.0669. The van der Waals surface area contributed by atoms with Crippen molar-refractivity contribution in [2.45, 2.75) is 30.6 Å². The van der Waals surface area contributed by atoms with Gasteiger partial charge in [0.25, 0.3) is 5.69 Å². The first kappa shape index (κ1) is 17.4. The second-order valence-electron chi connectivity index (χ2n) is 4.77. The topological polar surface area (TPSA) is 110 Å². The van der Waals surface area contributed by atoms with E-state index in [2.05, 4.69) is 5.32 Å².